The molecule has 0 aliphatic heterocycles. The highest BCUT2D eigenvalue weighted by Crippen LogP contribution is 2.28. The molecule has 0 fully saturated rings. The van der Waals surface area contributed by atoms with Crippen LogP contribution in [-0.4, -0.2) is 17.9 Å². The first-order valence-corrected chi connectivity index (χ1v) is 7.81. The number of benzene rings is 2. The lowest BCUT2D eigenvalue weighted by Gasteiger charge is -2.24. The molecule has 3 rings (SSSR count). The number of hydrogen-bond donors (Lipinski definition) is 0. The van der Waals surface area contributed by atoms with Crippen molar-refractivity contribution in [2.24, 2.45) is 0 Å². The highest BCUT2D eigenvalue weighted by Gasteiger charge is 2.23. The van der Waals surface area contributed by atoms with Crippen LogP contribution in [0.5, 0.6) is 0 Å². The van der Waals surface area contributed by atoms with Gasteiger partial charge in [-0.1, -0.05) is 30.3 Å². The topological polar surface area (TPSA) is 33.5 Å². The van der Waals surface area contributed by atoms with E-state index in [1.54, 1.807) is 4.90 Å². The van der Waals surface area contributed by atoms with E-state index in [0.29, 0.717) is 0 Å². The standard InChI is InChI=1S/C20H21NO2/c1-13-8-7-10-17(14(13)2)20(22)21(4)15(3)19-12-16-9-5-6-11-18(16)23-19/h5-12,15H,1-4H3. The number of amides is 1. The molecule has 118 valence electrons. The van der Waals surface area contributed by atoms with Gasteiger partial charge in [0.25, 0.3) is 5.91 Å². The van der Waals surface area contributed by atoms with Crippen LogP contribution in [0.3, 0.4) is 0 Å². The molecule has 2 aromatic carbocycles. The van der Waals surface area contributed by atoms with Crippen LogP contribution in [0.25, 0.3) is 11.0 Å². The molecule has 0 aliphatic carbocycles. The summed E-state index contributed by atoms with van der Waals surface area (Å²) < 4.78 is 5.90. The molecular weight excluding hydrogens is 286 g/mol. The molecule has 0 spiro atoms. The lowest BCUT2D eigenvalue weighted by molar-refractivity contribution is 0.0726. The largest absolute Gasteiger partial charge is 0.459 e. The summed E-state index contributed by atoms with van der Waals surface area (Å²) in [5.74, 6) is 0.812. The number of furan rings is 1. The quantitative estimate of drug-likeness (QED) is 0.690. The minimum Gasteiger partial charge on any atom is -0.459 e. The Morgan fingerprint density at radius 3 is 2.57 bits per heavy atom. The van der Waals surface area contributed by atoms with E-state index >= 15 is 0 Å². The summed E-state index contributed by atoms with van der Waals surface area (Å²) in [6.07, 6.45) is 0. The Hall–Kier alpha value is -2.55. The van der Waals surface area contributed by atoms with E-state index < -0.39 is 0 Å². The predicted molar refractivity (Wildman–Crippen MR) is 92.6 cm³/mol. The van der Waals surface area contributed by atoms with Gasteiger partial charge in [-0.25, -0.2) is 0 Å². The van der Waals surface area contributed by atoms with Gasteiger partial charge >= 0.3 is 0 Å². The molecule has 0 N–H and O–H groups in total. The molecule has 3 aromatic rings. The van der Waals surface area contributed by atoms with Crippen LogP contribution in [0.15, 0.2) is 52.9 Å². The fraction of sp³-hybridized carbons (Fsp3) is 0.250. The van der Waals surface area contributed by atoms with Crippen LogP contribution in [-0.2, 0) is 0 Å². The normalized spacial score (nSPS) is 12.3. The highest BCUT2D eigenvalue weighted by molar-refractivity contribution is 5.96. The smallest absolute Gasteiger partial charge is 0.254 e. The SMILES string of the molecule is Cc1cccc(C(=O)N(C)C(C)c2cc3ccccc3o2)c1C. The number of nitrogens with zero attached hydrogens (tertiary/aromatic N) is 1. The zero-order valence-corrected chi connectivity index (χ0v) is 14.0. The van der Waals surface area contributed by atoms with Crippen molar-refractivity contribution in [2.75, 3.05) is 7.05 Å². The molecule has 0 saturated carbocycles. The number of fused-ring (bicyclic) bond motifs is 1. The monoisotopic (exact) mass is 307 g/mol. The van der Waals surface area contributed by atoms with Crippen LogP contribution in [0.1, 0.15) is 40.2 Å². The third kappa shape index (κ3) is 2.74. The van der Waals surface area contributed by atoms with Gasteiger partial charge in [-0.3, -0.25) is 4.79 Å². The maximum Gasteiger partial charge on any atom is 0.254 e. The van der Waals surface area contributed by atoms with Crippen molar-refractivity contribution in [2.45, 2.75) is 26.8 Å². The molecule has 1 heterocycles. The van der Waals surface area contributed by atoms with Gasteiger partial charge in [0, 0.05) is 18.0 Å². The number of para-hydroxylation sites is 1. The summed E-state index contributed by atoms with van der Waals surface area (Å²) in [5, 5.41) is 1.06. The first-order valence-electron chi connectivity index (χ1n) is 7.81. The van der Waals surface area contributed by atoms with Gasteiger partial charge in [0.15, 0.2) is 0 Å². The lowest BCUT2D eigenvalue weighted by Crippen LogP contribution is -2.30. The van der Waals surface area contributed by atoms with E-state index in [1.165, 1.54) is 0 Å². The summed E-state index contributed by atoms with van der Waals surface area (Å²) in [6, 6.07) is 15.6. The third-order valence-electron chi connectivity index (χ3n) is 4.59. The van der Waals surface area contributed by atoms with E-state index in [2.05, 4.69) is 0 Å². The maximum atomic E-state index is 12.8. The Kier molecular flexibility index (Phi) is 3.95. The van der Waals surface area contributed by atoms with Crippen LogP contribution < -0.4 is 0 Å². The maximum absolute atomic E-state index is 12.8. The van der Waals surface area contributed by atoms with Crippen LogP contribution in [0.2, 0.25) is 0 Å². The summed E-state index contributed by atoms with van der Waals surface area (Å²) in [6.45, 7) is 6.00. The number of carbonyl (C=O) groups is 1. The summed E-state index contributed by atoms with van der Waals surface area (Å²) in [5.41, 5.74) is 3.75. The highest BCUT2D eigenvalue weighted by atomic mass is 16.3. The zero-order valence-electron chi connectivity index (χ0n) is 14.0. The zero-order chi connectivity index (χ0) is 16.6. The summed E-state index contributed by atoms with van der Waals surface area (Å²) in [4.78, 5) is 14.6. The van der Waals surface area contributed by atoms with Crippen molar-refractivity contribution in [1.29, 1.82) is 0 Å². The van der Waals surface area contributed by atoms with Crippen molar-refractivity contribution in [1.82, 2.24) is 4.90 Å². The molecular formula is C20H21NO2. The van der Waals surface area contributed by atoms with Crippen molar-refractivity contribution in [3.8, 4) is 0 Å². The van der Waals surface area contributed by atoms with Gasteiger partial charge in [-0.15, -0.1) is 0 Å². The molecule has 0 aliphatic rings. The first kappa shape index (κ1) is 15.3. The second-order valence-corrected chi connectivity index (χ2v) is 6.03. The Morgan fingerprint density at radius 1 is 1.09 bits per heavy atom. The fourth-order valence-corrected chi connectivity index (χ4v) is 2.75. The minimum absolute atomic E-state index is 0.0131. The molecule has 1 aromatic heterocycles. The van der Waals surface area contributed by atoms with Crippen LogP contribution in [0, 0.1) is 13.8 Å². The van der Waals surface area contributed by atoms with E-state index in [0.717, 1.165) is 33.4 Å². The van der Waals surface area contributed by atoms with Gasteiger partial charge in [0.1, 0.15) is 11.3 Å². The lowest BCUT2D eigenvalue weighted by atomic mass is 10.0. The number of aryl methyl sites for hydroxylation is 1. The molecule has 23 heavy (non-hydrogen) atoms. The number of rotatable bonds is 3. The number of carbonyl (C=O) groups excluding carboxylic acids is 1. The second kappa shape index (κ2) is 5.92. The predicted octanol–water partition coefficient (Wildman–Crippen LogP) is 4.88. The molecule has 0 bridgehead atoms. The van der Waals surface area contributed by atoms with E-state index in [-0.39, 0.29) is 11.9 Å². The Bertz CT molecular complexity index is 830. The van der Waals surface area contributed by atoms with Crippen LogP contribution >= 0.6 is 0 Å². The molecule has 3 nitrogen and oxygen atoms in total. The van der Waals surface area contributed by atoms with Crippen molar-refractivity contribution >= 4 is 16.9 Å². The molecule has 0 saturated heterocycles. The Morgan fingerprint density at radius 2 is 1.83 bits per heavy atom. The molecule has 3 heteroatoms. The molecule has 1 unspecified atom stereocenters. The van der Waals surface area contributed by atoms with Gasteiger partial charge in [0.05, 0.1) is 6.04 Å². The second-order valence-electron chi connectivity index (χ2n) is 6.03. The number of hydrogen-bond acceptors (Lipinski definition) is 2. The van der Waals surface area contributed by atoms with E-state index in [9.17, 15) is 4.79 Å². The molecule has 1 atom stereocenters. The first-order chi connectivity index (χ1) is 11.0. The van der Waals surface area contributed by atoms with Gasteiger partial charge in [-0.2, -0.15) is 0 Å². The van der Waals surface area contributed by atoms with Crippen molar-refractivity contribution < 1.29 is 9.21 Å². The van der Waals surface area contributed by atoms with E-state index in [4.69, 9.17) is 4.42 Å². The van der Waals surface area contributed by atoms with Crippen LogP contribution in [0.4, 0.5) is 0 Å². The molecule has 0 radical (unpaired) electrons. The third-order valence-corrected chi connectivity index (χ3v) is 4.59. The average Bonchev–Trinajstić information content (AvgIpc) is 2.99. The van der Waals surface area contributed by atoms with E-state index in [1.807, 2.05) is 76.3 Å². The Labute approximate surface area is 136 Å². The minimum atomic E-state index is -0.130. The van der Waals surface area contributed by atoms with Crippen molar-refractivity contribution in [3.05, 3.63) is 71.0 Å². The van der Waals surface area contributed by atoms with Gasteiger partial charge in [0.2, 0.25) is 0 Å². The fourth-order valence-electron chi connectivity index (χ4n) is 2.75. The summed E-state index contributed by atoms with van der Waals surface area (Å²) in [7, 11) is 1.82. The molecule has 1 amide bonds. The Balaban J connectivity index is 1.90. The van der Waals surface area contributed by atoms with Gasteiger partial charge < -0.3 is 9.32 Å². The average molecular weight is 307 g/mol. The summed E-state index contributed by atoms with van der Waals surface area (Å²) >= 11 is 0. The van der Waals surface area contributed by atoms with Gasteiger partial charge in [-0.05, 0) is 50.1 Å². The van der Waals surface area contributed by atoms with Crippen molar-refractivity contribution in [3.63, 3.8) is 0 Å².